The summed E-state index contributed by atoms with van der Waals surface area (Å²) >= 11 is 0. The van der Waals surface area contributed by atoms with Crippen LogP contribution >= 0.6 is 0 Å². The topological polar surface area (TPSA) is 71.5 Å². The summed E-state index contributed by atoms with van der Waals surface area (Å²) in [6.45, 7) is 6.28. The van der Waals surface area contributed by atoms with E-state index >= 15 is 0 Å². The molecule has 0 spiro atoms. The highest BCUT2D eigenvalue weighted by atomic mass is 16.5. The number of nitrogens with zero attached hydrogens (tertiary/aromatic N) is 2. The first-order valence-electron chi connectivity index (χ1n) is 8.38. The molecule has 0 aliphatic carbocycles. The predicted octanol–water partition coefficient (Wildman–Crippen LogP) is 1.86. The highest BCUT2D eigenvalue weighted by Crippen LogP contribution is 2.21. The highest BCUT2D eigenvalue weighted by molar-refractivity contribution is 5.94. The maximum absolute atomic E-state index is 12.1. The lowest BCUT2D eigenvalue weighted by atomic mass is 10.0. The van der Waals surface area contributed by atoms with Gasteiger partial charge in [0.15, 0.2) is 0 Å². The van der Waals surface area contributed by atoms with Crippen LogP contribution < -0.4 is 5.32 Å². The van der Waals surface area contributed by atoms with Gasteiger partial charge in [-0.1, -0.05) is 13.8 Å². The van der Waals surface area contributed by atoms with Crippen LogP contribution in [0, 0.1) is 5.92 Å². The number of rotatable bonds is 5. The van der Waals surface area contributed by atoms with Crippen molar-refractivity contribution in [2.45, 2.75) is 32.8 Å². The zero-order chi connectivity index (χ0) is 17.1. The van der Waals surface area contributed by atoms with Crippen molar-refractivity contribution in [2.75, 3.05) is 25.0 Å². The van der Waals surface area contributed by atoms with Crippen LogP contribution in [0.5, 0.6) is 0 Å². The van der Waals surface area contributed by atoms with E-state index in [4.69, 9.17) is 4.74 Å². The van der Waals surface area contributed by atoms with E-state index in [1.54, 1.807) is 23.2 Å². The fourth-order valence-corrected chi connectivity index (χ4v) is 2.69. The van der Waals surface area contributed by atoms with E-state index in [0.717, 1.165) is 17.7 Å². The number of hydrogen-bond donors (Lipinski definition) is 1. The molecule has 1 aromatic heterocycles. The van der Waals surface area contributed by atoms with E-state index in [9.17, 15) is 9.59 Å². The van der Waals surface area contributed by atoms with E-state index in [0.29, 0.717) is 37.7 Å². The molecule has 2 amide bonds. The Labute approximate surface area is 141 Å². The van der Waals surface area contributed by atoms with Crippen LogP contribution in [0.2, 0.25) is 0 Å². The number of fused-ring (bicyclic) bond motifs is 1. The van der Waals surface area contributed by atoms with Crippen LogP contribution in [0.3, 0.4) is 0 Å². The number of aryl methyl sites for hydroxylation is 1. The molecule has 0 unspecified atom stereocenters. The van der Waals surface area contributed by atoms with Gasteiger partial charge in [-0.2, -0.15) is 0 Å². The number of carbonyl (C=O) groups is 2. The molecule has 6 heteroatoms. The van der Waals surface area contributed by atoms with Crippen molar-refractivity contribution < 1.29 is 14.3 Å². The second-order valence-corrected chi connectivity index (χ2v) is 6.75. The van der Waals surface area contributed by atoms with Crippen LogP contribution in [-0.2, 0) is 20.7 Å². The summed E-state index contributed by atoms with van der Waals surface area (Å²) in [4.78, 5) is 29.5. The van der Waals surface area contributed by atoms with E-state index in [1.807, 2.05) is 6.07 Å². The molecule has 24 heavy (non-hydrogen) atoms. The van der Waals surface area contributed by atoms with Gasteiger partial charge in [-0.3, -0.25) is 9.59 Å². The molecule has 0 bridgehead atoms. The smallest absolute Gasteiger partial charge is 0.246 e. The molecule has 0 aromatic carbocycles. The third-order valence-electron chi connectivity index (χ3n) is 4.11. The van der Waals surface area contributed by atoms with Gasteiger partial charge in [-0.15, -0.1) is 0 Å². The number of aromatic nitrogens is 1. The van der Waals surface area contributed by atoms with Crippen molar-refractivity contribution >= 4 is 23.7 Å². The zero-order valence-corrected chi connectivity index (χ0v) is 14.1. The van der Waals surface area contributed by atoms with E-state index < -0.39 is 0 Å². The number of likely N-dealkylation sites (tertiary alicyclic amines) is 1. The van der Waals surface area contributed by atoms with Crippen LogP contribution in [0.25, 0.3) is 6.08 Å². The van der Waals surface area contributed by atoms with Gasteiger partial charge in [0, 0.05) is 38.4 Å². The normalized spacial score (nSPS) is 17.8. The molecule has 0 saturated carbocycles. The van der Waals surface area contributed by atoms with Crippen LogP contribution in [0.15, 0.2) is 18.3 Å². The average Bonchev–Trinajstić information content (AvgIpc) is 2.51. The molecular weight excluding hydrogens is 306 g/mol. The highest BCUT2D eigenvalue weighted by Gasteiger charge is 2.30. The van der Waals surface area contributed by atoms with Crippen LogP contribution in [0.4, 0.5) is 5.82 Å². The minimum atomic E-state index is -0.00887. The van der Waals surface area contributed by atoms with E-state index in [2.05, 4.69) is 24.1 Å². The van der Waals surface area contributed by atoms with Gasteiger partial charge in [0.2, 0.25) is 11.8 Å². The Morgan fingerprint density at radius 1 is 1.46 bits per heavy atom. The molecule has 0 atom stereocenters. The third-order valence-corrected chi connectivity index (χ3v) is 4.11. The quantitative estimate of drug-likeness (QED) is 0.837. The zero-order valence-electron chi connectivity index (χ0n) is 14.1. The van der Waals surface area contributed by atoms with Crippen molar-refractivity contribution in [3.05, 3.63) is 29.5 Å². The number of pyridine rings is 1. The summed E-state index contributed by atoms with van der Waals surface area (Å²) in [5.41, 5.74) is 1.88. The summed E-state index contributed by atoms with van der Waals surface area (Å²) in [6, 6.07) is 1.97. The number of carbonyl (C=O) groups excluding carboxylic acids is 2. The molecule has 1 N–H and O–H groups in total. The molecule has 1 fully saturated rings. The number of ether oxygens (including phenoxy) is 1. The lowest BCUT2D eigenvalue weighted by Crippen LogP contribution is -2.54. The fourth-order valence-electron chi connectivity index (χ4n) is 2.69. The van der Waals surface area contributed by atoms with Gasteiger partial charge in [0.1, 0.15) is 5.82 Å². The summed E-state index contributed by atoms with van der Waals surface area (Å²) < 4.78 is 5.69. The Morgan fingerprint density at radius 3 is 3.00 bits per heavy atom. The first kappa shape index (κ1) is 16.6. The second kappa shape index (κ2) is 7.13. The number of nitrogens with one attached hydrogen (secondary N) is 1. The minimum absolute atomic E-state index is 0.000457. The van der Waals surface area contributed by atoms with Crippen LogP contribution in [-0.4, -0.2) is 47.5 Å². The molecule has 1 aromatic rings. The van der Waals surface area contributed by atoms with Crippen molar-refractivity contribution in [3.63, 3.8) is 0 Å². The van der Waals surface area contributed by atoms with Gasteiger partial charge >= 0.3 is 0 Å². The van der Waals surface area contributed by atoms with E-state index in [1.165, 1.54) is 0 Å². The fraction of sp³-hybridized carbons (Fsp3) is 0.500. The summed E-state index contributed by atoms with van der Waals surface area (Å²) in [7, 11) is 0. The Hall–Kier alpha value is -2.21. The molecule has 0 radical (unpaired) electrons. The largest absolute Gasteiger partial charge is 0.374 e. The Kier molecular flexibility index (Phi) is 4.94. The summed E-state index contributed by atoms with van der Waals surface area (Å²) in [5, 5.41) is 2.75. The molecule has 1 saturated heterocycles. The molecule has 6 nitrogen and oxygen atoms in total. The maximum atomic E-state index is 12.1. The molecule has 2 aliphatic rings. The van der Waals surface area contributed by atoms with Crippen LogP contribution in [0.1, 0.15) is 31.4 Å². The molecule has 3 heterocycles. The minimum Gasteiger partial charge on any atom is -0.374 e. The molecular formula is C18H23N3O3. The van der Waals surface area contributed by atoms with E-state index in [-0.39, 0.29) is 17.9 Å². The predicted molar refractivity (Wildman–Crippen MR) is 91.4 cm³/mol. The average molecular weight is 329 g/mol. The first-order valence-corrected chi connectivity index (χ1v) is 8.38. The number of amides is 2. The Morgan fingerprint density at radius 2 is 2.25 bits per heavy atom. The van der Waals surface area contributed by atoms with Crippen molar-refractivity contribution in [2.24, 2.45) is 5.92 Å². The van der Waals surface area contributed by atoms with Gasteiger partial charge < -0.3 is 15.0 Å². The van der Waals surface area contributed by atoms with Gasteiger partial charge in [-0.25, -0.2) is 4.98 Å². The number of anilines is 1. The van der Waals surface area contributed by atoms with Crippen molar-refractivity contribution in [1.29, 1.82) is 0 Å². The van der Waals surface area contributed by atoms with Gasteiger partial charge in [0.05, 0.1) is 6.10 Å². The molecule has 128 valence electrons. The number of hydrogen-bond acceptors (Lipinski definition) is 4. The monoisotopic (exact) mass is 329 g/mol. The second-order valence-electron chi connectivity index (χ2n) is 6.75. The molecule has 3 rings (SSSR count). The van der Waals surface area contributed by atoms with Gasteiger partial charge in [0.25, 0.3) is 0 Å². The standard InChI is InChI=1S/C18H23N3O3/c1-12(2)11-24-15-9-21(10-15)17(23)6-3-13-7-14-4-5-16(22)20-18(14)19-8-13/h3,6-8,12,15H,4-5,9-11H2,1-2H3,(H,19,20,22). The lowest BCUT2D eigenvalue weighted by molar-refractivity contribution is -0.140. The summed E-state index contributed by atoms with van der Waals surface area (Å²) in [5.74, 6) is 1.13. The maximum Gasteiger partial charge on any atom is 0.246 e. The summed E-state index contributed by atoms with van der Waals surface area (Å²) in [6.07, 6.45) is 6.34. The van der Waals surface area contributed by atoms with Crippen molar-refractivity contribution in [1.82, 2.24) is 9.88 Å². The Bertz CT molecular complexity index is 663. The third kappa shape index (κ3) is 4.00. The Balaban J connectivity index is 1.51. The van der Waals surface area contributed by atoms with Gasteiger partial charge in [-0.05, 0) is 35.6 Å². The lowest BCUT2D eigenvalue weighted by Gasteiger charge is -2.38. The first-order chi connectivity index (χ1) is 11.5. The van der Waals surface area contributed by atoms with Crippen molar-refractivity contribution in [3.8, 4) is 0 Å². The SMILES string of the molecule is CC(C)COC1CN(C(=O)C=Cc2cnc3c(c2)CCC(=O)N3)C1. The molecule has 2 aliphatic heterocycles.